The molecule has 0 atom stereocenters. The van der Waals surface area contributed by atoms with Gasteiger partial charge in [0.05, 0.1) is 17.3 Å². The predicted molar refractivity (Wildman–Crippen MR) is 116 cm³/mol. The van der Waals surface area contributed by atoms with Crippen LogP contribution < -0.4 is 20.5 Å². The van der Waals surface area contributed by atoms with Crippen LogP contribution in [0.5, 0.6) is 0 Å². The van der Waals surface area contributed by atoms with Crippen LogP contribution in [0.25, 0.3) is 28.1 Å². The standard InChI is InChI=1S/C21H18F2N2O7S/c1-12(2)19(27)31-11-10-24-20(28)21(22,23)33(29,30)32-25-13(3)15-8-4-6-14-7-5-9-16(17(14)15)18(25)26/h4-9H,1,3,10-11H2,2H3,(H,24,28). The van der Waals surface area contributed by atoms with E-state index >= 15 is 0 Å². The highest BCUT2D eigenvalue weighted by atomic mass is 32.2. The number of nitrogens with one attached hydrogen (secondary N) is 1. The number of esters is 1. The Labute approximate surface area is 186 Å². The molecule has 1 aromatic heterocycles. The maximum absolute atomic E-state index is 14.4. The molecule has 0 spiro atoms. The molecule has 0 saturated carbocycles. The van der Waals surface area contributed by atoms with Crippen LogP contribution in [-0.4, -0.2) is 43.4 Å². The number of rotatable bonds is 8. The van der Waals surface area contributed by atoms with Gasteiger partial charge in [0.1, 0.15) is 6.61 Å². The van der Waals surface area contributed by atoms with Crippen molar-refractivity contribution in [1.82, 2.24) is 10.0 Å². The molecule has 0 aliphatic carbocycles. The zero-order valence-corrected chi connectivity index (χ0v) is 18.1. The molecule has 3 aromatic rings. The molecule has 0 saturated heterocycles. The van der Waals surface area contributed by atoms with Gasteiger partial charge in [-0.05, 0) is 18.4 Å². The van der Waals surface area contributed by atoms with E-state index in [1.165, 1.54) is 25.1 Å². The van der Waals surface area contributed by atoms with Crippen LogP contribution in [0, 0.1) is 0 Å². The molecule has 0 radical (unpaired) electrons. The number of nitrogens with zero attached hydrogens (tertiary/aromatic N) is 1. The lowest BCUT2D eigenvalue weighted by Crippen LogP contribution is -2.52. The second-order valence-corrected chi connectivity index (χ2v) is 8.54. The summed E-state index contributed by atoms with van der Waals surface area (Å²) in [5.41, 5.74) is -0.998. The fourth-order valence-corrected chi connectivity index (χ4v) is 3.72. The molecule has 33 heavy (non-hydrogen) atoms. The molecular weight excluding hydrogens is 462 g/mol. The van der Waals surface area contributed by atoms with E-state index in [1.54, 1.807) is 23.5 Å². The van der Waals surface area contributed by atoms with E-state index in [0.717, 1.165) is 0 Å². The number of hydrogen-bond acceptors (Lipinski definition) is 7. The minimum absolute atomic E-state index is 0.0118. The lowest BCUT2D eigenvalue weighted by molar-refractivity contribution is -0.141. The van der Waals surface area contributed by atoms with Gasteiger partial charge in [-0.25, -0.2) is 4.79 Å². The summed E-state index contributed by atoms with van der Waals surface area (Å²) in [6.07, 6.45) is 0. The van der Waals surface area contributed by atoms with Gasteiger partial charge in [-0.2, -0.15) is 17.2 Å². The molecule has 0 unspecified atom stereocenters. The fourth-order valence-electron chi connectivity index (χ4n) is 2.97. The maximum Gasteiger partial charge on any atom is 0.459 e. The first-order chi connectivity index (χ1) is 15.4. The highest BCUT2D eigenvalue weighted by Gasteiger charge is 2.55. The van der Waals surface area contributed by atoms with Gasteiger partial charge in [-0.1, -0.05) is 43.5 Å². The lowest BCUT2D eigenvalue weighted by Gasteiger charge is -2.18. The first-order valence-corrected chi connectivity index (χ1v) is 10.8. The molecule has 12 heteroatoms. The summed E-state index contributed by atoms with van der Waals surface area (Å²) < 4.78 is 62.5. The van der Waals surface area contributed by atoms with Gasteiger partial charge in [0.2, 0.25) is 0 Å². The lowest BCUT2D eigenvalue weighted by atomic mass is 10.0. The van der Waals surface area contributed by atoms with Crippen molar-refractivity contribution >= 4 is 50.1 Å². The zero-order chi connectivity index (χ0) is 24.6. The van der Waals surface area contributed by atoms with Gasteiger partial charge in [0.25, 0.3) is 5.56 Å². The number of alkyl halides is 2. The molecule has 1 amide bonds. The summed E-state index contributed by atoms with van der Waals surface area (Å²) in [6.45, 7) is 7.15. The van der Waals surface area contributed by atoms with Crippen molar-refractivity contribution in [3.05, 3.63) is 64.3 Å². The molecule has 0 fully saturated rings. The molecule has 3 rings (SSSR count). The van der Waals surface area contributed by atoms with Gasteiger partial charge in [-0.15, -0.1) is 4.73 Å². The highest BCUT2D eigenvalue weighted by molar-refractivity contribution is 7.88. The number of benzene rings is 2. The van der Waals surface area contributed by atoms with E-state index in [2.05, 4.69) is 22.2 Å². The average molecular weight is 480 g/mol. The van der Waals surface area contributed by atoms with Crippen LogP contribution >= 0.6 is 0 Å². The first-order valence-electron chi connectivity index (χ1n) is 9.37. The Balaban J connectivity index is 1.89. The normalized spacial score (nSPS) is 12.0. The summed E-state index contributed by atoms with van der Waals surface area (Å²) in [4.78, 5) is 35.9. The van der Waals surface area contributed by atoms with Crippen molar-refractivity contribution in [1.29, 1.82) is 0 Å². The van der Waals surface area contributed by atoms with E-state index in [1.807, 2.05) is 0 Å². The van der Waals surface area contributed by atoms with Crippen LogP contribution in [-0.2, 0) is 24.4 Å². The van der Waals surface area contributed by atoms with E-state index in [9.17, 15) is 31.6 Å². The highest BCUT2D eigenvalue weighted by Crippen LogP contribution is 2.24. The number of amides is 1. The van der Waals surface area contributed by atoms with Crippen molar-refractivity contribution in [3.63, 3.8) is 0 Å². The van der Waals surface area contributed by atoms with Gasteiger partial charge in [0.15, 0.2) is 0 Å². The maximum atomic E-state index is 14.4. The number of pyridine rings is 1. The first kappa shape index (κ1) is 23.9. The Kier molecular flexibility index (Phi) is 6.23. The summed E-state index contributed by atoms with van der Waals surface area (Å²) in [7, 11) is -5.99. The quantitative estimate of drug-likeness (QED) is 0.289. The van der Waals surface area contributed by atoms with Crippen molar-refractivity contribution in [3.8, 4) is 0 Å². The SMILES string of the molecule is C=C(C)C(=O)OCCNC(=O)C(F)(F)S(=O)(=O)On1c(=C)c2cccc3cccc(c1=O)c32. The monoisotopic (exact) mass is 480 g/mol. The van der Waals surface area contributed by atoms with Crippen molar-refractivity contribution in [2.45, 2.75) is 12.2 Å². The number of hydrogen-bond donors (Lipinski definition) is 1. The second-order valence-electron chi connectivity index (χ2n) is 6.97. The smallest absolute Gasteiger partial charge is 0.459 e. The van der Waals surface area contributed by atoms with Crippen LogP contribution in [0.1, 0.15) is 6.92 Å². The Morgan fingerprint density at radius 2 is 1.76 bits per heavy atom. The summed E-state index contributed by atoms with van der Waals surface area (Å²) in [5.74, 6) is -3.05. The number of carbonyl (C=O) groups excluding carboxylic acids is 2. The van der Waals surface area contributed by atoms with E-state index in [-0.39, 0.29) is 21.0 Å². The van der Waals surface area contributed by atoms with E-state index in [0.29, 0.717) is 16.2 Å². The second kappa shape index (κ2) is 8.62. The molecule has 0 aliphatic heterocycles. The van der Waals surface area contributed by atoms with Gasteiger partial charge in [-0.3, -0.25) is 13.9 Å². The predicted octanol–water partition coefficient (Wildman–Crippen LogP) is 0.871. The number of aromatic nitrogens is 1. The van der Waals surface area contributed by atoms with Crippen LogP contribution in [0.15, 0.2) is 53.3 Å². The minimum atomic E-state index is -5.99. The molecule has 0 aliphatic rings. The molecule has 174 valence electrons. The topological polar surface area (TPSA) is 121 Å². The minimum Gasteiger partial charge on any atom is -0.460 e. The van der Waals surface area contributed by atoms with Crippen LogP contribution in [0.4, 0.5) is 8.78 Å². The number of carbonyl (C=O) groups is 2. The number of ether oxygens (including phenoxy) is 1. The van der Waals surface area contributed by atoms with Crippen LogP contribution in [0.3, 0.4) is 0 Å². The summed E-state index contributed by atoms with van der Waals surface area (Å²) in [6, 6.07) is 9.45. The average Bonchev–Trinajstić information content (AvgIpc) is 2.77. The molecule has 9 nitrogen and oxygen atoms in total. The largest absolute Gasteiger partial charge is 0.460 e. The zero-order valence-electron chi connectivity index (χ0n) is 17.3. The Hall–Kier alpha value is -3.80. The third-order valence-electron chi connectivity index (χ3n) is 4.60. The summed E-state index contributed by atoms with van der Waals surface area (Å²) in [5, 5.41) is -2.32. The fraction of sp³-hybridized carbons (Fsp3) is 0.190. The van der Waals surface area contributed by atoms with E-state index in [4.69, 9.17) is 0 Å². The van der Waals surface area contributed by atoms with Gasteiger partial charge < -0.3 is 10.1 Å². The van der Waals surface area contributed by atoms with Crippen LogP contribution in [0.2, 0.25) is 0 Å². The third kappa shape index (κ3) is 4.29. The Bertz CT molecular complexity index is 1430. The van der Waals surface area contributed by atoms with Gasteiger partial charge >= 0.3 is 27.2 Å². The summed E-state index contributed by atoms with van der Waals surface area (Å²) >= 11 is 0. The molecular formula is C21H18F2N2O7S. The van der Waals surface area contributed by atoms with Crippen molar-refractivity contribution in [2.24, 2.45) is 0 Å². The molecule has 1 N–H and O–H groups in total. The number of halogens is 2. The Morgan fingerprint density at radius 3 is 2.36 bits per heavy atom. The van der Waals surface area contributed by atoms with Gasteiger partial charge in [0, 0.05) is 16.3 Å². The van der Waals surface area contributed by atoms with Crippen molar-refractivity contribution < 1.29 is 35.8 Å². The van der Waals surface area contributed by atoms with E-state index < -0.39 is 46.0 Å². The molecule has 2 aromatic carbocycles. The third-order valence-corrected chi connectivity index (χ3v) is 5.75. The molecule has 0 bridgehead atoms. The molecule has 1 heterocycles. The van der Waals surface area contributed by atoms with Crippen molar-refractivity contribution in [2.75, 3.05) is 13.2 Å². The Morgan fingerprint density at radius 1 is 1.15 bits per heavy atom.